The summed E-state index contributed by atoms with van der Waals surface area (Å²) in [4.78, 5) is 11.5. The number of esters is 1. The van der Waals surface area contributed by atoms with Crippen LogP contribution in [0.1, 0.15) is 19.3 Å². The van der Waals surface area contributed by atoms with Crippen molar-refractivity contribution < 1.29 is 17.9 Å². The molecule has 0 bridgehead atoms. The van der Waals surface area contributed by atoms with Crippen LogP contribution in [0.5, 0.6) is 0 Å². The highest BCUT2D eigenvalue weighted by molar-refractivity contribution is 7.98. The molecule has 2 atom stereocenters. The highest BCUT2D eigenvalue weighted by atomic mass is 32.2. The number of carbonyl (C=O) groups is 1. The minimum absolute atomic E-state index is 0.411. The van der Waals surface area contributed by atoms with Crippen molar-refractivity contribution in [2.75, 3.05) is 25.7 Å². The molecule has 1 fully saturated rings. The van der Waals surface area contributed by atoms with Crippen molar-refractivity contribution in [2.45, 2.75) is 24.5 Å². The predicted molar refractivity (Wildman–Crippen MR) is 68.4 cm³/mol. The van der Waals surface area contributed by atoms with E-state index < -0.39 is 27.2 Å². The second-order valence-electron chi connectivity index (χ2n) is 4.03. The zero-order valence-corrected chi connectivity index (χ0v) is 11.8. The van der Waals surface area contributed by atoms with Gasteiger partial charge >= 0.3 is 5.97 Å². The number of hydrogen-bond donors (Lipinski definition) is 1. The summed E-state index contributed by atoms with van der Waals surface area (Å²) in [5.41, 5.74) is 0. The molecule has 0 radical (unpaired) electrons. The Balaban J connectivity index is 2.66. The predicted octanol–water partition coefficient (Wildman–Crippen LogP) is 0.611. The van der Waals surface area contributed by atoms with E-state index in [0.717, 1.165) is 12.2 Å². The molecule has 17 heavy (non-hydrogen) atoms. The van der Waals surface area contributed by atoms with E-state index in [0.29, 0.717) is 19.4 Å². The van der Waals surface area contributed by atoms with Crippen LogP contribution in [0.25, 0.3) is 0 Å². The summed E-state index contributed by atoms with van der Waals surface area (Å²) in [7, 11) is -2.10. The van der Waals surface area contributed by atoms with E-state index in [4.69, 9.17) is 0 Å². The number of carbonyl (C=O) groups excluding carboxylic acids is 1. The van der Waals surface area contributed by atoms with Crippen molar-refractivity contribution >= 4 is 27.8 Å². The standard InChI is InChI=1S/C10H19NO4S2/c1-15-10(12)8-4-3-5-9(8)17(13,14)11-6-7-16-2/h8-9,11H,3-7H2,1-2H3. The molecule has 1 rings (SSSR count). The van der Waals surface area contributed by atoms with Gasteiger partial charge in [0.15, 0.2) is 0 Å². The van der Waals surface area contributed by atoms with Gasteiger partial charge in [0.2, 0.25) is 10.0 Å². The van der Waals surface area contributed by atoms with Crippen molar-refractivity contribution in [3.63, 3.8) is 0 Å². The monoisotopic (exact) mass is 281 g/mol. The summed E-state index contributed by atoms with van der Waals surface area (Å²) < 4.78 is 31.2. The third kappa shape index (κ3) is 3.86. The van der Waals surface area contributed by atoms with Crippen molar-refractivity contribution in [2.24, 2.45) is 5.92 Å². The molecule has 0 aromatic carbocycles. The molecule has 0 saturated heterocycles. The summed E-state index contributed by atoms with van der Waals surface area (Å²) in [6.07, 6.45) is 3.81. The second-order valence-corrected chi connectivity index (χ2v) is 7.00. The van der Waals surface area contributed by atoms with Crippen LogP contribution in [0.15, 0.2) is 0 Å². The van der Waals surface area contributed by atoms with Crippen LogP contribution in [0.4, 0.5) is 0 Å². The average molecular weight is 281 g/mol. The first-order valence-electron chi connectivity index (χ1n) is 5.58. The summed E-state index contributed by atoms with van der Waals surface area (Å²) in [6.45, 7) is 0.411. The Bertz CT molecular complexity index is 355. The van der Waals surface area contributed by atoms with Crippen LogP contribution in [0.2, 0.25) is 0 Å². The van der Waals surface area contributed by atoms with Crippen molar-refractivity contribution in [1.82, 2.24) is 4.72 Å². The third-order valence-corrected chi connectivity index (χ3v) is 5.54. The summed E-state index contributed by atoms with van der Waals surface area (Å²) in [5, 5.41) is -0.628. The maximum Gasteiger partial charge on any atom is 0.310 e. The molecular weight excluding hydrogens is 262 g/mol. The first-order chi connectivity index (χ1) is 8.03. The number of ether oxygens (including phenoxy) is 1. The van der Waals surface area contributed by atoms with Gasteiger partial charge in [-0.3, -0.25) is 4.79 Å². The molecule has 5 nitrogen and oxygen atoms in total. The first kappa shape index (κ1) is 14.8. The molecule has 0 aromatic rings. The molecule has 0 amide bonds. The van der Waals surface area contributed by atoms with Gasteiger partial charge in [0, 0.05) is 12.3 Å². The highest BCUT2D eigenvalue weighted by Gasteiger charge is 2.41. The lowest BCUT2D eigenvalue weighted by atomic mass is 10.1. The minimum atomic E-state index is -3.40. The van der Waals surface area contributed by atoms with Gasteiger partial charge in [0.1, 0.15) is 0 Å². The Morgan fingerprint density at radius 1 is 1.47 bits per heavy atom. The quantitative estimate of drug-likeness (QED) is 0.570. The van der Waals surface area contributed by atoms with Crippen molar-refractivity contribution in [1.29, 1.82) is 0 Å². The topological polar surface area (TPSA) is 72.5 Å². The molecule has 100 valence electrons. The van der Waals surface area contributed by atoms with Crippen molar-refractivity contribution in [3.05, 3.63) is 0 Å². The van der Waals surface area contributed by atoms with Crippen LogP contribution in [-0.4, -0.2) is 45.3 Å². The maximum atomic E-state index is 12.0. The SMILES string of the molecule is COC(=O)C1CCCC1S(=O)(=O)NCCSC. The molecule has 1 saturated carbocycles. The Morgan fingerprint density at radius 3 is 2.76 bits per heavy atom. The van der Waals surface area contributed by atoms with Crippen LogP contribution in [-0.2, 0) is 19.6 Å². The first-order valence-corrected chi connectivity index (χ1v) is 8.52. The van der Waals surface area contributed by atoms with E-state index in [9.17, 15) is 13.2 Å². The zero-order chi connectivity index (χ0) is 12.9. The van der Waals surface area contributed by atoms with Gasteiger partial charge in [-0.15, -0.1) is 0 Å². The summed E-state index contributed by atoms with van der Waals surface area (Å²) in [6, 6.07) is 0. The fourth-order valence-electron chi connectivity index (χ4n) is 2.11. The van der Waals surface area contributed by atoms with Crippen LogP contribution in [0.3, 0.4) is 0 Å². The van der Waals surface area contributed by atoms with Gasteiger partial charge in [-0.2, -0.15) is 11.8 Å². The van der Waals surface area contributed by atoms with E-state index in [1.807, 2.05) is 6.26 Å². The highest BCUT2D eigenvalue weighted by Crippen LogP contribution is 2.31. The fourth-order valence-corrected chi connectivity index (χ4v) is 4.30. The van der Waals surface area contributed by atoms with Crippen LogP contribution >= 0.6 is 11.8 Å². The third-order valence-electron chi connectivity index (χ3n) is 2.96. The van der Waals surface area contributed by atoms with Gasteiger partial charge in [0.25, 0.3) is 0 Å². The number of methoxy groups -OCH3 is 1. The lowest BCUT2D eigenvalue weighted by Gasteiger charge is -2.18. The average Bonchev–Trinajstić information content (AvgIpc) is 2.78. The number of hydrogen-bond acceptors (Lipinski definition) is 5. The molecule has 1 N–H and O–H groups in total. The maximum absolute atomic E-state index is 12.0. The molecule has 0 spiro atoms. The van der Waals surface area contributed by atoms with Gasteiger partial charge < -0.3 is 4.74 Å². The fraction of sp³-hybridized carbons (Fsp3) is 0.900. The Kier molecular flexibility index (Phi) is 5.75. The molecule has 0 aliphatic heterocycles. The summed E-state index contributed by atoms with van der Waals surface area (Å²) >= 11 is 1.58. The van der Waals surface area contributed by atoms with Crippen LogP contribution in [0, 0.1) is 5.92 Å². The normalized spacial score (nSPS) is 24.8. The molecule has 0 heterocycles. The largest absolute Gasteiger partial charge is 0.469 e. The lowest BCUT2D eigenvalue weighted by molar-refractivity contribution is -0.145. The van der Waals surface area contributed by atoms with Crippen LogP contribution < -0.4 is 4.72 Å². The van der Waals surface area contributed by atoms with E-state index in [1.54, 1.807) is 11.8 Å². The minimum Gasteiger partial charge on any atom is -0.469 e. The van der Waals surface area contributed by atoms with E-state index >= 15 is 0 Å². The number of sulfonamides is 1. The Morgan fingerprint density at radius 2 is 2.18 bits per heavy atom. The van der Waals surface area contributed by atoms with Gasteiger partial charge in [-0.05, 0) is 19.1 Å². The second kappa shape index (κ2) is 6.61. The van der Waals surface area contributed by atoms with E-state index in [2.05, 4.69) is 9.46 Å². The van der Waals surface area contributed by atoms with E-state index in [1.165, 1.54) is 7.11 Å². The number of rotatable bonds is 6. The molecule has 2 unspecified atom stereocenters. The zero-order valence-electron chi connectivity index (χ0n) is 10.1. The van der Waals surface area contributed by atoms with Crippen molar-refractivity contribution in [3.8, 4) is 0 Å². The van der Waals surface area contributed by atoms with Gasteiger partial charge in [-0.25, -0.2) is 13.1 Å². The van der Waals surface area contributed by atoms with Gasteiger partial charge in [0.05, 0.1) is 18.3 Å². The van der Waals surface area contributed by atoms with Gasteiger partial charge in [-0.1, -0.05) is 6.42 Å². The molecule has 7 heteroatoms. The summed E-state index contributed by atoms with van der Waals surface area (Å²) in [5.74, 6) is -0.191. The molecule has 1 aliphatic carbocycles. The molecular formula is C10H19NO4S2. The molecule has 0 aromatic heterocycles. The Labute approximate surface area is 107 Å². The van der Waals surface area contributed by atoms with E-state index in [-0.39, 0.29) is 0 Å². The lowest BCUT2D eigenvalue weighted by Crippen LogP contribution is -2.40. The molecule has 1 aliphatic rings. The Hall–Kier alpha value is -0.270. The smallest absolute Gasteiger partial charge is 0.310 e. The number of thioether (sulfide) groups is 1. The number of nitrogens with one attached hydrogen (secondary N) is 1.